The molecular formula is C21H32N4O3. The lowest BCUT2D eigenvalue weighted by Crippen LogP contribution is -2.24. The minimum Gasteiger partial charge on any atom is -0.468 e. The highest BCUT2D eigenvalue weighted by Crippen LogP contribution is 2.31. The fraction of sp³-hybridized carbons (Fsp3) is 0.476. The number of nitrogens with two attached hydrogens (primary N) is 1. The predicted molar refractivity (Wildman–Crippen MR) is 110 cm³/mol. The van der Waals surface area contributed by atoms with Gasteiger partial charge < -0.3 is 20.3 Å². The van der Waals surface area contributed by atoms with Crippen LogP contribution in [0.1, 0.15) is 36.1 Å². The Morgan fingerprint density at radius 2 is 1.96 bits per heavy atom. The van der Waals surface area contributed by atoms with E-state index in [0.717, 1.165) is 30.6 Å². The molecule has 28 heavy (non-hydrogen) atoms. The van der Waals surface area contributed by atoms with E-state index in [-0.39, 0.29) is 12.5 Å². The molecule has 1 aromatic heterocycles. The summed E-state index contributed by atoms with van der Waals surface area (Å²) < 4.78 is 4.14. The van der Waals surface area contributed by atoms with Gasteiger partial charge in [0.15, 0.2) is 0 Å². The van der Waals surface area contributed by atoms with Crippen LogP contribution in [0.5, 0.6) is 0 Å². The Bertz CT molecular complexity index is 714. The second-order valence-electron chi connectivity index (χ2n) is 6.90. The molecule has 154 valence electrons. The zero-order valence-corrected chi connectivity index (χ0v) is 17.6. The van der Waals surface area contributed by atoms with Crippen LogP contribution in [0, 0.1) is 13.8 Å². The zero-order chi connectivity index (χ0) is 21.1. The minimum absolute atomic E-state index is 0.0312. The molecule has 7 nitrogen and oxygen atoms in total. The molecule has 1 aromatic rings. The Hall–Kier alpha value is -2.67. The lowest BCUT2D eigenvalue weighted by Gasteiger charge is -2.27. The average Bonchev–Trinajstić information content (AvgIpc) is 2.64. The molecule has 0 saturated heterocycles. The average molecular weight is 389 g/mol. The number of aryl methyl sites for hydroxylation is 2. The number of rotatable bonds is 7. The molecule has 2 N–H and O–H groups in total. The van der Waals surface area contributed by atoms with Gasteiger partial charge in [0, 0.05) is 32.2 Å². The Labute approximate surface area is 167 Å². The third-order valence-electron chi connectivity index (χ3n) is 4.44. The molecule has 1 aliphatic rings. The molecule has 1 heterocycles. The van der Waals surface area contributed by atoms with Gasteiger partial charge in [-0.3, -0.25) is 14.6 Å². The van der Waals surface area contributed by atoms with Gasteiger partial charge in [0.05, 0.1) is 25.9 Å². The number of esters is 1. The van der Waals surface area contributed by atoms with E-state index in [4.69, 9.17) is 5.73 Å². The van der Waals surface area contributed by atoms with Crippen LogP contribution < -0.4 is 5.73 Å². The molecule has 1 saturated carbocycles. The zero-order valence-electron chi connectivity index (χ0n) is 17.6. The fourth-order valence-electron chi connectivity index (χ4n) is 2.45. The molecule has 1 amide bonds. The first-order chi connectivity index (χ1) is 13.3. The molecule has 2 rings (SSSR count). The Balaban J connectivity index is 0.000000568. The van der Waals surface area contributed by atoms with Crippen molar-refractivity contribution >= 4 is 12.4 Å². The van der Waals surface area contributed by atoms with E-state index in [1.807, 2.05) is 44.4 Å². The molecule has 0 atom stereocenters. The van der Waals surface area contributed by atoms with Gasteiger partial charge in [-0.25, -0.2) is 0 Å². The molecule has 0 aromatic carbocycles. The highest BCUT2D eigenvalue weighted by molar-refractivity contribution is 5.71. The molecular weight excluding hydrogens is 356 g/mol. The van der Waals surface area contributed by atoms with Crippen molar-refractivity contribution in [2.45, 2.75) is 39.7 Å². The Kier molecular flexibility index (Phi) is 9.95. The summed E-state index contributed by atoms with van der Waals surface area (Å²) in [6.45, 7) is 4.60. The number of nitrogens with zero attached hydrogens (tertiary/aromatic N) is 3. The third-order valence-corrected chi connectivity index (χ3v) is 4.44. The fourth-order valence-corrected chi connectivity index (χ4v) is 2.45. The maximum absolute atomic E-state index is 11.6. The number of pyridine rings is 1. The summed E-state index contributed by atoms with van der Waals surface area (Å²) in [6.07, 6.45) is 10.2. The number of ether oxygens (including phenoxy) is 1. The van der Waals surface area contributed by atoms with Gasteiger partial charge >= 0.3 is 5.97 Å². The summed E-state index contributed by atoms with van der Waals surface area (Å²) in [6, 6.07) is 2.06. The van der Waals surface area contributed by atoms with E-state index in [9.17, 15) is 9.59 Å². The molecule has 7 heteroatoms. The van der Waals surface area contributed by atoms with Crippen LogP contribution in [0.2, 0.25) is 0 Å². The SMILES string of the molecule is COC(=O)CN.Cc1cnc(CN(C=O)C(/C=C\N(C)C)=C2CCC2)cc1C. The lowest BCUT2D eigenvalue weighted by atomic mass is 9.90. The standard InChI is InChI=1S/C18H25N3O.C3H7NO2/c1-14-10-17(19-11-15(14)2)12-21(13-22)18(8-9-20(3)4)16-6-5-7-16;1-6-3(5)2-4/h8-11,13H,5-7,12H2,1-4H3;2,4H2,1H3/b9-8-;. The highest BCUT2D eigenvalue weighted by Gasteiger charge is 2.18. The monoisotopic (exact) mass is 388 g/mol. The Morgan fingerprint density at radius 3 is 2.36 bits per heavy atom. The van der Waals surface area contributed by atoms with Crippen molar-refractivity contribution in [3.8, 4) is 0 Å². The maximum Gasteiger partial charge on any atom is 0.319 e. The summed E-state index contributed by atoms with van der Waals surface area (Å²) in [5, 5.41) is 0. The normalized spacial score (nSPS) is 12.6. The first kappa shape index (κ1) is 23.4. The van der Waals surface area contributed by atoms with E-state index < -0.39 is 0 Å². The predicted octanol–water partition coefficient (Wildman–Crippen LogP) is 2.29. The van der Waals surface area contributed by atoms with E-state index in [1.54, 1.807) is 4.90 Å². The number of methoxy groups -OCH3 is 1. The van der Waals surface area contributed by atoms with Gasteiger partial charge in [-0.1, -0.05) is 0 Å². The number of carbonyl (C=O) groups excluding carboxylic acids is 2. The van der Waals surface area contributed by atoms with Crippen molar-refractivity contribution in [2.75, 3.05) is 27.7 Å². The van der Waals surface area contributed by atoms with Crippen LogP contribution in [0.25, 0.3) is 0 Å². The second-order valence-corrected chi connectivity index (χ2v) is 6.90. The number of allylic oxidation sites excluding steroid dienone is 2. The van der Waals surface area contributed by atoms with Gasteiger partial charge in [-0.05, 0) is 62.0 Å². The topological polar surface area (TPSA) is 88.8 Å². The maximum atomic E-state index is 11.6. The summed E-state index contributed by atoms with van der Waals surface area (Å²) in [5.41, 5.74) is 10.5. The smallest absolute Gasteiger partial charge is 0.319 e. The van der Waals surface area contributed by atoms with Crippen molar-refractivity contribution in [3.05, 3.63) is 52.6 Å². The molecule has 1 aliphatic carbocycles. The summed E-state index contributed by atoms with van der Waals surface area (Å²) in [7, 11) is 5.26. The summed E-state index contributed by atoms with van der Waals surface area (Å²) in [5.74, 6) is -0.380. The van der Waals surface area contributed by atoms with Crippen molar-refractivity contribution in [1.82, 2.24) is 14.8 Å². The molecule has 0 bridgehead atoms. The van der Waals surface area contributed by atoms with Crippen molar-refractivity contribution in [2.24, 2.45) is 5.73 Å². The molecule has 0 spiro atoms. The van der Waals surface area contributed by atoms with E-state index >= 15 is 0 Å². The van der Waals surface area contributed by atoms with Crippen LogP contribution in [-0.4, -0.2) is 54.9 Å². The van der Waals surface area contributed by atoms with Gasteiger partial charge in [0.25, 0.3) is 0 Å². The quantitative estimate of drug-likeness (QED) is 0.569. The van der Waals surface area contributed by atoms with Crippen LogP contribution in [-0.2, 0) is 20.9 Å². The first-order valence-electron chi connectivity index (χ1n) is 9.30. The summed E-state index contributed by atoms with van der Waals surface area (Å²) in [4.78, 5) is 29.6. The summed E-state index contributed by atoms with van der Waals surface area (Å²) >= 11 is 0. The number of aromatic nitrogens is 1. The van der Waals surface area contributed by atoms with Gasteiger partial charge in [0.1, 0.15) is 0 Å². The molecule has 0 aliphatic heterocycles. The van der Waals surface area contributed by atoms with Crippen LogP contribution in [0.15, 0.2) is 35.8 Å². The van der Waals surface area contributed by atoms with E-state index in [0.29, 0.717) is 6.54 Å². The van der Waals surface area contributed by atoms with Crippen molar-refractivity contribution in [1.29, 1.82) is 0 Å². The van der Waals surface area contributed by atoms with Gasteiger partial charge in [0.2, 0.25) is 6.41 Å². The van der Waals surface area contributed by atoms with Crippen LogP contribution in [0.4, 0.5) is 0 Å². The van der Waals surface area contributed by atoms with Crippen LogP contribution in [0.3, 0.4) is 0 Å². The number of amides is 1. The Morgan fingerprint density at radius 1 is 1.29 bits per heavy atom. The van der Waals surface area contributed by atoms with Gasteiger partial charge in [-0.15, -0.1) is 0 Å². The highest BCUT2D eigenvalue weighted by atomic mass is 16.5. The minimum atomic E-state index is -0.380. The number of carbonyl (C=O) groups is 2. The number of hydrogen-bond acceptors (Lipinski definition) is 6. The molecule has 0 radical (unpaired) electrons. The second kappa shape index (κ2) is 11.9. The van der Waals surface area contributed by atoms with Gasteiger partial charge in [-0.2, -0.15) is 0 Å². The largest absolute Gasteiger partial charge is 0.468 e. The number of hydrogen-bond donors (Lipinski definition) is 1. The van der Waals surface area contributed by atoms with Crippen molar-refractivity contribution < 1.29 is 14.3 Å². The lowest BCUT2D eigenvalue weighted by molar-refractivity contribution is -0.138. The first-order valence-corrected chi connectivity index (χ1v) is 9.30. The van der Waals surface area contributed by atoms with E-state index in [2.05, 4.69) is 22.7 Å². The molecule has 1 fully saturated rings. The molecule has 0 unspecified atom stereocenters. The van der Waals surface area contributed by atoms with E-state index in [1.165, 1.54) is 30.2 Å². The van der Waals surface area contributed by atoms with Crippen LogP contribution >= 0.6 is 0 Å². The van der Waals surface area contributed by atoms with Crippen molar-refractivity contribution in [3.63, 3.8) is 0 Å². The third kappa shape index (κ3) is 7.52.